The Morgan fingerprint density at radius 1 is 1.64 bits per heavy atom. The third-order valence-electron chi connectivity index (χ3n) is 1.55. The molecule has 0 amide bonds. The molecule has 1 unspecified atom stereocenters. The van der Waals surface area contributed by atoms with Gasteiger partial charge in [-0.3, -0.25) is 4.79 Å². The van der Waals surface area contributed by atoms with Crippen molar-refractivity contribution < 1.29 is 9.53 Å². The van der Waals surface area contributed by atoms with Gasteiger partial charge in [0.1, 0.15) is 0 Å². The summed E-state index contributed by atoms with van der Waals surface area (Å²) in [5, 5.41) is 2.73. The molecule has 0 heterocycles. The Morgan fingerprint density at radius 2 is 2.27 bits per heavy atom. The summed E-state index contributed by atoms with van der Waals surface area (Å²) in [6, 6.07) is 0. The molecule has 1 N–H and O–H groups in total. The number of likely N-dealkylation sites (N-methyl/N-ethyl adjacent to an activating group) is 1. The quantitative estimate of drug-likeness (QED) is 0.603. The predicted molar refractivity (Wildman–Crippen MR) is 44.3 cm³/mol. The molecule has 0 aliphatic rings. The molecule has 0 aromatic heterocycles. The van der Waals surface area contributed by atoms with Gasteiger partial charge in [-0.2, -0.15) is 0 Å². The Bertz CT molecular complexity index is 115. The number of carbonyl (C=O) groups excluding carboxylic acids is 1. The van der Waals surface area contributed by atoms with Crippen molar-refractivity contribution in [3.05, 3.63) is 0 Å². The molecular weight excluding hydrogens is 142 g/mol. The summed E-state index contributed by atoms with van der Waals surface area (Å²) >= 11 is 0. The van der Waals surface area contributed by atoms with E-state index in [0.717, 1.165) is 6.42 Å². The fraction of sp³-hybridized carbons (Fsp3) is 0.875. The van der Waals surface area contributed by atoms with E-state index in [1.807, 2.05) is 0 Å². The van der Waals surface area contributed by atoms with Crippen LogP contribution in [0.5, 0.6) is 0 Å². The van der Waals surface area contributed by atoms with Crippen molar-refractivity contribution in [3.8, 4) is 0 Å². The molecule has 0 aliphatic carbocycles. The Hall–Kier alpha value is -0.570. The Balaban J connectivity index is 3.30. The fourth-order valence-electron chi connectivity index (χ4n) is 0.548. The van der Waals surface area contributed by atoms with E-state index in [0.29, 0.717) is 19.1 Å². The van der Waals surface area contributed by atoms with E-state index < -0.39 is 0 Å². The zero-order valence-corrected chi connectivity index (χ0v) is 7.52. The molecule has 0 aliphatic heterocycles. The molecule has 1 atom stereocenters. The summed E-state index contributed by atoms with van der Waals surface area (Å²) in [5.74, 6) is 0.295. The first-order chi connectivity index (χ1) is 5.20. The maximum Gasteiger partial charge on any atom is 0.319 e. The molecule has 0 bridgehead atoms. The van der Waals surface area contributed by atoms with Crippen LogP contribution in [0.25, 0.3) is 0 Å². The van der Waals surface area contributed by atoms with E-state index in [1.54, 1.807) is 7.05 Å². The molecule has 3 nitrogen and oxygen atoms in total. The standard InChI is InChI=1S/C8H17NO2/c1-4-7(2)6-11-8(10)5-9-3/h7,9H,4-6H2,1-3H3. The molecule has 0 aromatic rings. The lowest BCUT2D eigenvalue weighted by atomic mass is 10.1. The van der Waals surface area contributed by atoms with Gasteiger partial charge in [0, 0.05) is 0 Å². The van der Waals surface area contributed by atoms with E-state index >= 15 is 0 Å². The number of nitrogens with one attached hydrogen (secondary N) is 1. The second-order valence-corrected chi connectivity index (χ2v) is 2.73. The third-order valence-corrected chi connectivity index (χ3v) is 1.55. The minimum Gasteiger partial charge on any atom is -0.464 e. The molecule has 0 fully saturated rings. The highest BCUT2D eigenvalue weighted by atomic mass is 16.5. The smallest absolute Gasteiger partial charge is 0.319 e. The molecule has 11 heavy (non-hydrogen) atoms. The maximum atomic E-state index is 10.8. The van der Waals surface area contributed by atoms with E-state index in [1.165, 1.54) is 0 Å². The van der Waals surface area contributed by atoms with Gasteiger partial charge in [0.05, 0.1) is 13.2 Å². The molecule has 0 rings (SSSR count). The van der Waals surface area contributed by atoms with Crippen molar-refractivity contribution >= 4 is 5.97 Å². The normalized spacial score (nSPS) is 12.6. The number of esters is 1. The lowest BCUT2D eigenvalue weighted by molar-refractivity contribution is -0.143. The second-order valence-electron chi connectivity index (χ2n) is 2.73. The lowest BCUT2D eigenvalue weighted by Gasteiger charge is -2.08. The summed E-state index contributed by atoms with van der Waals surface area (Å²) in [6.07, 6.45) is 1.05. The van der Waals surface area contributed by atoms with Gasteiger partial charge in [-0.25, -0.2) is 0 Å². The molecule has 0 saturated carbocycles. The zero-order chi connectivity index (χ0) is 8.69. The Morgan fingerprint density at radius 3 is 2.73 bits per heavy atom. The Labute approximate surface area is 68.1 Å². The molecule has 3 heteroatoms. The van der Waals surface area contributed by atoms with Gasteiger partial charge in [0.15, 0.2) is 0 Å². The maximum absolute atomic E-state index is 10.8. The summed E-state index contributed by atoms with van der Waals surface area (Å²) in [5.41, 5.74) is 0. The van der Waals surface area contributed by atoms with E-state index in [4.69, 9.17) is 4.74 Å². The minimum absolute atomic E-state index is 0.173. The van der Waals surface area contributed by atoms with Gasteiger partial charge in [-0.1, -0.05) is 20.3 Å². The van der Waals surface area contributed by atoms with E-state index in [2.05, 4.69) is 19.2 Å². The van der Waals surface area contributed by atoms with Crippen LogP contribution in [-0.2, 0) is 9.53 Å². The molecular formula is C8H17NO2. The van der Waals surface area contributed by atoms with Crippen LogP contribution >= 0.6 is 0 Å². The van der Waals surface area contributed by atoms with Crippen molar-refractivity contribution in [1.82, 2.24) is 5.32 Å². The minimum atomic E-state index is -0.173. The average molecular weight is 159 g/mol. The second kappa shape index (κ2) is 6.16. The molecule has 0 radical (unpaired) electrons. The number of ether oxygens (including phenoxy) is 1. The SMILES string of the molecule is CCC(C)COC(=O)CNC. The largest absolute Gasteiger partial charge is 0.464 e. The van der Waals surface area contributed by atoms with E-state index in [9.17, 15) is 4.79 Å². The zero-order valence-electron chi connectivity index (χ0n) is 7.52. The van der Waals surface area contributed by atoms with Crippen LogP contribution in [0.1, 0.15) is 20.3 Å². The lowest BCUT2D eigenvalue weighted by Crippen LogP contribution is -2.22. The van der Waals surface area contributed by atoms with Crippen LogP contribution in [0.4, 0.5) is 0 Å². The summed E-state index contributed by atoms with van der Waals surface area (Å²) in [7, 11) is 1.73. The van der Waals surface area contributed by atoms with Crippen LogP contribution in [0, 0.1) is 5.92 Å². The van der Waals surface area contributed by atoms with Crippen LogP contribution in [0.3, 0.4) is 0 Å². The van der Waals surface area contributed by atoms with Gasteiger partial charge in [0.25, 0.3) is 0 Å². The Kier molecular flexibility index (Phi) is 5.84. The van der Waals surface area contributed by atoms with Crippen LogP contribution in [0.15, 0.2) is 0 Å². The number of carbonyl (C=O) groups is 1. The summed E-state index contributed by atoms with van der Waals surface area (Å²) in [6.45, 7) is 4.98. The predicted octanol–water partition coefficient (Wildman–Crippen LogP) is 0.795. The first-order valence-corrected chi connectivity index (χ1v) is 4.00. The summed E-state index contributed by atoms with van der Waals surface area (Å²) in [4.78, 5) is 10.8. The first-order valence-electron chi connectivity index (χ1n) is 4.00. The van der Waals surface area contributed by atoms with Gasteiger partial charge in [-0.05, 0) is 13.0 Å². The topological polar surface area (TPSA) is 38.3 Å². The molecule has 66 valence electrons. The third kappa shape index (κ3) is 5.85. The number of rotatable bonds is 5. The van der Waals surface area contributed by atoms with E-state index in [-0.39, 0.29) is 5.97 Å². The van der Waals surface area contributed by atoms with Gasteiger partial charge in [-0.15, -0.1) is 0 Å². The number of hydrogen-bond acceptors (Lipinski definition) is 3. The van der Waals surface area contributed by atoms with Crippen molar-refractivity contribution in [3.63, 3.8) is 0 Å². The van der Waals surface area contributed by atoms with Crippen molar-refractivity contribution in [1.29, 1.82) is 0 Å². The summed E-state index contributed by atoms with van der Waals surface area (Å²) < 4.78 is 4.93. The highest BCUT2D eigenvalue weighted by Gasteiger charge is 2.03. The van der Waals surface area contributed by atoms with Crippen LogP contribution < -0.4 is 5.32 Å². The van der Waals surface area contributed by atoms with Crippen molar-refractivity contribution in [2.75, 3.05) is 20.2 Å². The molecule has 0 spiro atoms. The number of hydrogen-bond donors (Lipinski definition) is 1. The highest BCUT2D eigenvalue weighted by Crippen LogP contribution is 1.99. The van der Waals surface area contributed by atoms with Crippen LogP contribution in [-0.4, -0.2) is 26.2 Å². The monoisotopic (exact) mass is 159 g/mol. The van der Waals surface area contributed by atoms with Crippen LogP contribution in [0.2, 0.25) is 0 Å². The molecule has 0 aromatic carbocycles. The van der Waals surface area contributed by atoms with Gasteiger partial charge in [0.2, 0.25) is 0 Å². The van der Waals surface area contributed by atoms with Crippen molar-refractivity contribution in [2.45, 2.75) is 20.3 Å². The van der Waals surface area contributed by atoms with Crippen molar-refractivity contribution in [2.24, 2.45) is 5.92 Å². The van der Waals surface area contributed by atoms with Gasteiger partial charge < -0.3 is 10.1 Å². The first kappa shape index (κ1) is 10.4. The van der Waals surface area contributed by atoms with Gasteiger partial charge >= 0.3 is 5.97 Å². The highest BCUT2D eigenvalue weighted by molar-refractivity contribution is 5.71. The average Bonchev–Trinajstić information content (AvgIpc) is 2.01. The molecule has 0 saturated heterocycles. The fourth-order valence-corrected chi connectivity index (χ4v) is 0.548.